The van der Waals surface area contributed by atoms with Crippen LogP contribution in [0.4, 0.5) is 0 Å². The third-order valence-corrected chi connectivity index (χ3v) is 4.48. The predicted molar refractivity (Wildman–Crippen MR) is 83.6 cm³/mol. The average Bonchev–Trinajstić information content (AvgIpc) is 2.83. The maximum Gasteiger partial charge on any atom is 0.0590 e. The number of unbranched alkanes of at least 4 members (excludes halogenated alkanes) is 5. The molecule has 19 heavy (non-hydrogen) atoms. The van der Waals surface area contributed by atoms with Crippen molar-refractivity contribution in [2.75, 3.05) is 13.2 Å². The molecule has 114 valence electrons. The molecule has 0 saturated carbocycles. The first-order valence-corrected chi connectivity index (χ1v) is 8.64. The number of hydrogen-bond acceptors (Lipinski definition) is 2. The van der Waals surface area contributed by atoms with Crippen molar-refractivity contribution in [3.05, 3.63) is 0 Å². The average molecular weight is 269 g/mol. The molecule has 3 atom stereocenters. The van der Waals surface area contributed by atoms with E-state index in [1.165, 1.54) is 57.8 Å². The Bertz CT molecular complexity index is 207. The van der Waals surface area contributed by atoms with Crippen molar-refractivity contribution in [2.45, 2.75) is 90.7 Å². The van der Waals surface area contributed by atoms with Crippen molar-refractivity contribution in [1.29, 1.82) is 0 Å². The van der Waals surface area contributed by atoms with Gasteiger partial charge in [0, 0.05) is 18.6 Å². The Morgan fingerprint density at radius 1 is 1.05 bits per heavy atom. The summed E-state index contributed by atoms with van der Waals surface area (Å²) in [7, 11) is 0. The monoisotopic (exact) mass is 269 g/mol. The van der Waals surface area contributed by atoms with Crippen LogP contribution in [-0.4, -0.2) is 25.3 Å². The fourth-order valence-electron chi connectivity index (χ4n) is 3.22. The quantitative estimate of drug-likeness (QED) is 0.556. The zero-order valence-corrected chi connectivity index (χ0v) is 13.4. The third-order valence-electron chi connectivity index (χ3n) is 4.48. The van der Waals surface area contributed by atoms with Crippen molar-refractivity contribution < 1.29 is 4.74 Å². The second kappa shape index (κ2) is 10.7. The molecule has 1 N–H and O–H groups in total. The van der Waals surface area contributed by atoms with Gasteiger partial charge in [0.1, 0.15) is 0 Å². The zero-order chi connectivity index (χ0) is 13.9. The Kier molecular flexibility index (Phi) is 9.54. The lowest BCUT2D eigenvalue weighted by Crippen LogP contribution is -2.39. The van der Waals surface area contributed by atoms with Crippen molar-refractivity contribution in [2.24, 2.45) is 5.92 Å². The van der Waals surface area contributed by atoms with Gasteiger partial charge in [-0.25, -0.2) is 0 Å². The Balaban J connectivity index is 2.21. The lowest BCUT2D eigenvalue weighted by Gasteiger charge is -2.27. The molecule has 1 aliphatic rings. The lowest BCUT2D eigenvalue weighted by atomic mass is 9.89. The summed E-state index contributed by atoms with van der Waals surface area (Å²) in [6, 6.07) is 0.684. The minimum Gasteiger partial charge on any atom is -0.378 e. The first-order chi connectivity index (χ1) is 9.29. The van der Waals surface area contributed by atoms with Gasteiger partial charge in [0.05, 0.1) is 6.10 Å². The van der Waals surface area contributed by atoms with Gasteiger partial charge in [-0.05, 0) is 32.7 Å². The van der Waals surface area contributed by atoms with Crippen LogP contribution in [0.25, 0.3) is 0 Å². The number of nitrogens with one attached hydrogen (secondary N) is 1. The molecule has 0 aliphatic carbocycles. The summed E-state index contributed by atoms with van der Waals surface area (Å²) < 4.78 is 5.75. The first kappa shape index (κ1) is 17.0. The fraction of sp³-hybridized carbons (Fsp3) is 1.00. The van der Waals surface area contributed by atoms with E-state index in [1.807, 2.05) is 0 Å². The highest BCUT2D eigenvalue weighted by molar-refractivity contribution is 4.84. The minimum atomic E-state index is 0.453. The molecule has 0 amide bonds. The van der Waals surface area contributed by atoms with Gasteiger partial charge >= 0.3 is 0 Å². The van der Waals surface area contributed by atoms with E-state index in [9.17, 15) is 0 Å². The molecule has 2 heteroatoms. The molecule has 1 heterocycles. The normalized spacial score (nSPS) is 24.8. The maximum absolute atomic E-state index is 5.75. The summed E-state index contributed by atoms with van der Waals surface area (Å²) in [6.45, 7) is 8.91. The summed E-state index contributed by atoms with van der Waals surface area (Å²) >= 11 is 0. The van der Waals surface area contributed by atoms with Crippen LogP contribution in [0.5, 0.6) is 0 Å². The van der Waals surface area contributed by atoms with Gasteiger partial charge in [-0.2, -0.15) is 0 Å². The molecular weight excluding hydrogens is 234 g/mol. The van der Waals surface area contributed by atoms with E-state index in [1.54, 1.807) is 0 Å². The van der Waals surface area contributed by atoms with Crippen LogP contribution in [0.1, 0.15) is 78.6 Å². The van der Waals surface area contributed by atoms with Crippen molar-refractivity contribution >= 4 is 0 Å². The summed E-state index contributed by atoms with van der Waals surface area (Å²) in [6.07, 6.45) is 12.7. The topological polar surface area (TPSA) is 21.3 Å². The predicted octanol–water partition coefficient (Wildman–Crippen LogP) is 4.53. The van der Waals surface area contributed by atoms with Gasteiger partial charge in [-0.1, -0.05) is 52.4 Å². The van der Waals surface area contributed by atoms with Crippen LogP contribution in [-0.2, 0) is 4.74 Å². The molecule has 3 unspecified atom stereocenters. The Morgan fingerprint density at radius 3 is 2.42 bits per heavy atom. The third kappa shape index (κ3) is 6.76. The lowest BCUT2D eigenvalue weighted by molar-refractivity contribution is 0.0939. The van der Waals surface area contributed by atoms with E-state index in [2.05, 4.69) is 26.1 Å². The SMILES string of the molecule is CCCCCCCCC(NCCC)C1CCOC1C. The second-order valence-corrected chi connectivity index (χ2v) is 6.15. The standard InChI is InChI=1S/C17H35NO/c1-4-6-7-8-9-10-11-17(18-13-5-2)16-12-14-19-15(16)3/h15-18H,4-14H2,1-3H3. The smallest absolute Gasteiger partial charge is 0.0590 e. The van der Waals surface area contributed by atoms with Crippen LogP contribution in [0, 0.1) is 5.92 Å². The molecular formula is C17H35NO. The van der Waals surface area contributed by atoms with Crippen molar-refractivity contribution in [1.82, 2.24) is 5.32 Å². The van der Waals surface area contributed by atoms with Gasteiger partial charge in [0.2, 0.25) is 0 Å². The van der Waals surface area contributed by atoms with Crippen LogP contribution in [0.15, 0.2) is 0 Å². The molecule has 1 rings (SSSR count). The minimum absolute atomic E-state index is 0.453. The van der Waals surface area contributed by atoms with E-state index in [4.69, 9.17) is 4.74 Å². The van der Waals surface area contributed by atoms with Gasteiger partial charge < -0.3 is 10.1 Å². The first-order valence-electron chi connectivity index (χ1n) is 8.64. The second-order valence-electron chi connectivity index (χ2n) is 6.15. The van der Waals surface area contributed by atoms with Crippen molar-refractivity contribution in [3.8, 4) is 0 Å². The van der Waals surface area contributed by atoms with Crippen LogP contribution >= 0.6 is 0 Å². The highest BCUT2D eigenvalue weighted by atomic mass is 16.5. The summed E-state index contributed by atoms with van der Waals surface area (Å²) in [5, 5.41) is 3.76. The van der Waals surface area contributed by atoms with Gasteiger partial charge in [0.15, 0.2) is 0 Å². The number of hydrogen-bond donors (Lipinski definition) is 1. The van der Waals surface area contributed by atoms with Gasteiger partial charge in [-0.3, -0.25) is 0 Å². The summed E-state index contributed by atoms with van der Waals surface area (Å²) in [5.74, 6) is 0.738. The Labute approximate surface area is 120 Å². The molecule has 1 saturated heterocycles. The van der Waals surface area contributed by atoms with Crippen LogP contribution in [0.2, 0.25) is 0 Å². The summed E-state index contributed by atoms with van der Waals surface area (Å²) in [5.41, 5.74) is 0. The van der Waals surface area contributed by atoms with Gasteiger partial charge in [-0.15, -0.1) is 0 Å². The number of rotatable bonds is 11. The van der Waals surface area contributed by atoms with Gasteiger partial charge in [0.25, 0.3) is 0 Å². The zero-order valence-electron chi connectivity index (χ0n) is 13.4. The molecule has 1 fully saturated rings. The Hall–Kier alpha value is -0.0800. The van der Waals surface area contributed by atoms with Crippen LogP contribution < -0.4 is 5.32 Å². The highest BCUT2D eigenvalue weighted by Gasteiger charge is 2.30. The summed E-state index contributed by atoms with van der Waals surface area (Å²) in [4.78, 5) is 0. The molecule has 0 bridgehead atoms. The van der Waals surface area contributed by atoms with E-state index in [-0.39, 0.29) is 0 Å². The molecule has 0 aromatic carbocycles. The molecule has 0 radical (unpaired) electrons. The molecule has 1 aliphatic heterocycles. The molecule has 0 spiro atoms. The van der Waals surface area contributed by atoms with Crippen LogP contribution in [0.3, 0.4) is 0 Å². The fourth-order valence-corrected chi connectivity index (χ4v) is 3.22. The van der Waals surface area contributed by atoms with E-state index in [0.717, 1.165) is 19.1 Å². The number of ether oxygens (including phenoxy) is 1. The molecule has 0 aromatic heterocycles. The molecule has 0 aromatic rings. The largest absolute Gasteiger partial charge is 0.378 e. The van der Waals surface area contributed by atoms with E-state index >= 15 is 0 Å². The van der Waals surface area contributed by atoms with E-state index in [0.29, 0.717) is 12.1 Å². The van der Waals surface area contributed by atoms with E-state index < -0.39 is 0 Å². The maximum atomic E-state index is 5.75. The van der Waals surface area contributed by atoms with Crippen molar-refractivity contribution in [3.63, 3.8) is 0 Å². The molecule has 2 nitrogen and oxygen atoms in total. The highest BCUT2D eigenvalue weighted by Crippen LogP contribution is 2.26. The Morgan fingerprint density at radius 2 is 1.79 bits per heavy atom.